The van der Waals surface area contributed by atoms with Crippen molar-refractivity contribution in [2.24, 2.45) is 11.5 Å². The number of halogens is 2. The van der Waals surface area contributed by atoms with Crippen LogP contribution in [0, 0.1) is 11.6 Å². The number of unbranched alkanes of at least 4 members (excludes halogenated alkanes) is 2. The summed E-state index contributed by atoms with van der Waals surface area (Å²) in [5.41, 5.74) is 13.4. The van der Waals surface area contributed by atoms with E-state index in [1.807, 2.05) is 32.0 Å². The number of hydrogen-bond donors (Lipinski definition) is 3. The van der Waals surface area contributed by atoms with Crippen LogP contribution in [0.15, 0.2) is 42.5 Å². The number of ether oxygens (including phenoxy) is 1. The van der Waals surface area contributed by atoms with Crippen LogP contribution in [0.4, 0.5) is 13.6 Å². The summed E-state index contributed by atoms with van der Waals surface area (Å²) in [6, 6.07) is 9.49. The highest BCUT2D eigenvalue weighted by Crippen LogP contribution is 2.17. The summed E-state index contributed by atoms with van der Waals surface area (Å²) in [5.74, 6) is -2.49. The van der Waals surface area contributed by atoms with Gasteiger partial charge in [0.25, 0.3) is 5.91 Å². The molecule has 214 valence electrons. The first kappa shape index (κ1) is 31.8. The van der Waals surface area contributed by atoms with Crippen molar-refractivity contribution < 1.29 is 33.0 Å². The number of amides is 2. The van der Waals surface area contributed by atoms with E-state index in [1.54, 1.807) is 6.07 Å². The molecule has 2 rings (SSSR count). The number of aliphatic hydroxyl groups excluding tert-OH is 1. The maximum Gasteiger partial charge on any atom is 0.405 e. The van der Waals surface area contributed by atoms with Gasteiger partial charge in [0, 0.05) is 31.6 Å². The normalized spacial score (nSPS) is 13.4. The van der Waals surface area contributed by atoms with E-state index in [9.17, 15) is 28.3 Å². The lowest BCUT2D eigenvalue weighted by Crippen LogP contribution is -2.50. The maximum absolute atomic E-state index is 13.6. The molecule has 0 fully saturated rings. The zero-order chi connectivity index (χ0) is 28.9. The summed E-state index contributed by atoms with van der Waals surface area (Å²) < 4.78 is 32.3. The third-order valence-corrected chi connectivity index (χ3v) is 6.39. The van der Waals surface area contributed by atoms with Crippen molar-refractivity contribution in [3.05, 3.63) is 70.8 Å². The van der Waals surface area contributed by atoms with Gasteiger partial charge in [-0.3, -0.25) is 9.59 Å². The standard InChI is InChI=1S/C29H39F2N3O5/c1-3-5-6-10-24(35)16-27(39-29(33)38)28(37)34(17-20-9-7-8-19(4-2)11-20)18-26(36)25(32)14-21-12-22(30)15-23(31)13-21/h7-9,11-13,15,25-27,36H,3-6,10,14,16-18,32H2,1-2H3,(H2,33,38)/t25-,26+,27+/m0/s1. The van der Waals surface area contributed by atoms with E-state index in [0.29, 0.717) is 6.42 Å². The number of nitrogens with two attached hydrogens (primary N) is 2. The average Bonchev–Trinajstić information content (AvgIpc) is 2.86. The minimum Gasteiger partial charge on any atom is -0.436 e. The fourth-order valence-electron chi connectivity index (χ4n) is 4.30. The Hall–Kier alpha value is -3.37. The van der Waals surface area contributed by atoms with Crippen LogP contribution in [-0.2, 0) is 33.7 Å². The molecule has 0 spiro atoms. The van der Waals surface area contributed by atoms with E-state index in [-0.39, 0.29) is 43.7 Å². The molecule has 0 bridgehead atoms. The molecular formula is C29H39F2N3O5. The number of benzene rings is 2. The molecule has 0 aliphatic carbocycles. The molecule has 2 amide bonds. The van der Waals surface area contributed by atoms with Crippen LogP contribution in [-0.4, -0.2) is 52.6 Å². The number of primary amides is 1. The number of hydrogen-bond acceptors (Lipinski definition) is 6. The second kappa shape index (κ2) is 15.9. The first-order chi connectivity index (χ1) is 18.5. The largest absolute Gasteiger partial charge is 0.436 e. The molecule has 0 saturated heterocycles. The lowest BCUT2D eigenvalue weighted by molar-refractivity contribution is -0.145. The fraction of sp³-hybridized carbons (Fsp3) is 0.483. The molecule has 0 unspecified atom stereocenters. The van der Waals surface area contributed by atoms with Crippen molar-refractivity contribution in [1.29, 1.82) is 0 Å². The molecule has 8 nitrogen and oxygen atoms in total. The minimum atomic E-state index is -1.47. The number of ketones is 1. The summed E-state index contributed by atoms with van der Waals surface area (Å²) in [6.07, 6.45) is -0.964. The second-order valence-corrected chi connectivity index (χ2v) is 9.73. The van der Waals surface area contributed by atoms with Gasteiger partial charge in [-0.25, -0.2) is 13.6 Å². The molecule has 0 aliphatic rings. The van der Waals surface area contributed by atoms with Gasteiger partial charge in [0.05, 0.1) is 12.5 Å². The van der Waals surface area contributed by atoms with Gasteiger partial charge in [-0.15, -0.1) is 0 Å². The van der Waals surface area contributed by atoms with Gasteiger partial charge in [0.1, 0.15) is 17.4 Å². The molecule has 2 aromatic rings. The summed E-state index contributed by atoms with van der Waals surface area (Å²) >= 11 is 0. The van der Waals surface area contributed by atoms with Crippen molar-refractivity contribution in [3.8, 4) is 0 Å². The van der Waals surface area contributed by atoms with E-state index < -0.39 is 41.9 Å². The molecule has 39 heavy (non-hydrogen) atoms. The number of carbonyl (C=O) groups is 3. The van der Waals surface area contributed by atoms with E-state index in [0.717, 1.165) is 48.6 Å². The first-order valence-corrected chi connectivity index (χ1v) is 13.2. The van der Waals surface area contributed by atoms with Crippen LogP contribution in [0.1, 0.15) is 62.6 Å². The van der Waals surface area contributed by atoms with Crippen molar-refractivity contribution in [2.45, 2.75) is 83.6 Å². The van der Waals surface area contributed by atoms with Gasteiger partial charge in [-0.1, -0.05) is 51.0 Å². The smallest absolute Gasteiger partial charge is 0.405 e. The third-order valence-electron chi connectivity index (χ3n) is 6.39. The molecule has 2 aromatic carbocycles. The SMILES string of the molecule is CCCCCC(=O)C[C@@H](OC(N)=O)C(=O)N(Cc1cccc(CC)c1)C[C@@H](O)[C@@H](N)Cc1cc(F)cc(F)c1. The minimum absolute atomic E-state index is 0.0354. The Bertz CT molecular complexity index is 1090. The van der Waals surface area contributed by atoms with E-state index in [2.05, 4.69) is 0 Å². The summed E-state index contributed by atoms with van der Waals surface area (Å²) in [4.78, 5) is 39.0. The van der Waals surface area contributed by atoms with Crippen molar-refractivity contribution in [1.82, 2.24) is 4.90 Å². The number of Topliss-reactive ketones (excluding diaryl/α,β-unsaturated/α-hetero) is 1. The van der Waals surface area contributed by atoms with Crippen LogP contribution >= 0.6 is 0 Å². The maximum atomic E-state index is 13.6. The quantitative estimate of drug-likeness (QED) is 0.274. The van der Waals surface area contributed by atoms with Gasteiger partial charge in [-0.05, 0) is 48.1 Å². The zero-order valence-corrected chi connectivity index (χ0v) is 22.6. The van der Waals surface area contributed by atoms with Gasteiger partial charge in [0.2, 0.25) is 0 Å². The van der Waals surface area contributed by atoms with E-state index >= 15 is 0 Å². The Labute approximate surface area is 228 Å². The number of rotatable bonds is 16. The highest BCUT2D eigenvalue weighted by molar-refractivity contribution is 5.90. The van der Waals surface area contributed by atoms with Crippen LogP contribution in [0.5, 0.6) is 0 Å². The molecule has 0 saturated carbocycles. The topological polar surface area (TPSA) is 136 Å². The van der Waals surface area contributed by atoms with E-state index in [4.69, 9.17) is 16.2 Å². The number of aryl methyl sites for hydroxylation is 1. The molecule has 0 heterocycles. The van der Waals surface area contributed by atoms with Crippen LogP contribution in [0.2, 0.25) is 0 Å². The lowest BCUT2D eigenvalue weighted by atomic mass is 10.0. The predicted molar refractivity (Wildman–Crippen MR) is 144 cm³/mol. The average molecular weight is 548 g/mol. The third kappa shape index (κ3) is 11.1. The molecule has 0 aliphatic heterocycles. The molecule has 3 atom stereocenters. The number of carbonyl (C=O) groups excluding carboxylic acids is 3. The molecule has 5 N–H and O–H groups in total. The van der Waals surface area contributed by atoms with Crippen LogP contribution in [0.25, 0.3) is 0 Å². The van der Waals surface area contributed by atoms with Gasteiger partial charge >= 0.3 is 6.09 Å². The summed E-state index contributed by atoms with van der Waals surface area (Å²) in [7, 11) is 0. The number of aliphatic hydroxyl groups is 1. The van der Waals surface area contributed by atoms with Crippen molar-refractivity contribution >= 4 is 17.8 Å². The second-order valence-electron chi connectivity index (χ2n) is 9.73. The Kier molecular flexibility index (Phi) is 13.0. The van der Waals surface area contributed by atoms with E-state index in [1.165, 1.54) is 4.90 Å². The Morgan fingerprint density at radius 2 is 1.67 bits per heavy atom. The Morgan fingerprint density at radius 1 is 1.00 bits per heavy atom. The molecule has 0 radical (unpaired) electrons. The van der Waals surface area contributed by atoms with Gasteiger partial charge in [-0.2, -0.15) is 0 Å². The molecule has 10 heteroatoms. The zero-order valence-electron chi connectivity index (χ0n) is 22.6. The molecular weight excluding hydrogens is 508 g/mol. The van der Waals surface area contributed by atoms with Gasteiger partial charge < -0.3 is 26.2 Å². The molecule has 0 aromatic heterocycles. The van der Waals surface area contributed by atoms with Crippen molar-refractivity contribution in [3.63, 3.8) is 0 Å². The Morgan fingerprint density at radius 3 is 2.28 bits per heavy atom. The summed E-state index contributed by atoms with van der Waals surface area (Å²) in [6.45, 7) is 3.74. The monoisotopic (exact) mass is 547 g/mol. The van der Waals surface area contributed by atoms with Crippen LogP contribution in [0.3, 0.4) is 0 Å². The highest BCUT2D eigenvalue weighted by atomic mass is 19.1. The van der Waals surface area contributed by atoms with Crippen LogP contribution < -0.4 is 11.5 Å². The predicted octanol–water partition coefficient (Wildman–Crippen LogP) is 3.79. The highest BCUT2D eigenvalue weighted by Gasteiger charge is 2.32. The number of nitrogens with zero attached hydrogens (tertiary/aromatic N) is 1. The first-order valence-electron chi connectivity index (χ1n) is 13.2. The fourth-order valence-corrected chi connectivity index (χ4v) is 4.30. The summed E-state index contributed by atoms with van der Waals surface area (Å²) in [5, 5.41) is 10.9. The lowest BCUT2D eigenvalue weighted by Gasteiger charge is -2.31. The Balaban J connectivity index is 2.27. The van der Waals surface area contributed by atoms with Gasteiger partial charge in [0.15, 0.2) is 6.10 Å². The van der Waals surface area contributed by atoms with Crippen molar-refractivity contribution in [2.75, 3.05) is 6.54 Å².